The van der Waals surface area contributed by atoms with E-state index in [0.717, 1.165) is 16.7 Å². The first-order chi connectivity index (χ1) is 9.97. The minimum atomic E-state index is -4.23. The van der Waals surface area contributed by atoms with Gasteiger partial charge in [-0.05, 0) is 34.4 Å². The van der Waals surface area contributed by atoms with E-state index in [-0.39, 0.29) is 16.7 Å². The maximum atomic E-state index is 11.6. The van der Waals surface area contributed by atoms with Crippen LogP contribution in [0.25, 0.3) is 0 Å². The molecule has 5 heteroatoms. The molecule has 0 aromatic rings. The fraction of sp³-hybridized carbons (Fsp3) is 0.125. The topological polar surface area (TPSA) is 80.4 Å². The van der Waals surface area contributed by atoms with Gasteiger partial charge in [-0.25, -0.2) is 0 Å². The van der Waals surface area contributed by atoms with Crippen molar-refractivity contribution in [2.75, 3.05) is 0 Å². The van der Waals surface area contributed by atoms with Crippen LogP contribution < -0.4 is 5.73 Å². The van der Waals surface area contributed by atoms with E-state index in [0.29, 0.717) is 11.3 Å². The lowest BCUT2D eigenvalue weighted by atomic mass is 9.64. The molecule has 2 unspecified atom stereocenters. The summed E-state index contributed by atoms with van der Waals surface area (Å²) in [5, 5.41) is 0. The molecule has 0 heterocycles. The lowest BCUT2D eigenvalue weighted by molar-refractivity contribution is 0.487. The Morgan fingerprint density at radius 1 is 0.857 bits per heavy atom. The first-order valence-corrected chi connectivity index (χ1v) is 8.08. The van der Waals surface area contributed by atoms with Gasteiger partial charge in [-0.2, -0.15) is 8.42 Å². The quantitative estimate of drug-likeness (QED) is 0.727. The number of allylic oxidation sites excluding steroid dienone is 12. The molecule has 2 atom stereocenters. The molecule has 0 saturated heterocycles. The van der Waals surface area contributed by atoms with Gasteiger partial charge in [-0.3, -0.25) is 4.55 Å². The summed E-state index contributed by atoms with van der Waals surface area (Å²) in [6, 6.07) is 0. The van der Waals surface area contributed by atoms with Gasteiger partial charge in [-0.1, -0.05) is 36.5 Å². The second-order valence-corrected chi connectivity index (χ2v) is 6.88. The van der Waals surface area contributed by atoms with Gasteiger partial charge in [0.25, 0.3) is 10.1 Å². The first-order valence-electron chi connectivity index (χ1n) is 6.64. The average Bonchev–Trinajstić information content (AvgIpc) is 2.45. The zero-order chi connectivity index (χ0) is 14.8. The summed E-state index contributed by atoms with van der Waals surface area (Å²) >= 11 is 0. The van der Waals surface area contributed by atoms with Crippen molar-refractivity contribution in [1.82, 2.24) is 0 Å². The molecule has 0 fully saturated rings. The number of hydrogen-bond acceptors (Lipinski definition) is 3. The molecule has 0 aromatic heterocycles. The van der Waals surface area contributed by atoms with Gasteiger partial charge in [0.05, 0.1) is 4.91 Å². The van der Waals surface area contributed by atoms with Crippen molar-refractivity contribution in [3.05, 3.63) is 81.5 Å². The molecule has 106 valence electrons. The van der Waals surface area contributed by atoms with E-state index in [2.05, 4.69) is 0 Å². The van der Waals surface area contributed by atoms with Crippen molar-refractivity contribution in [3.63, 3.8) is 0 Å². The molecular formula is C16H13NO3S. The summed E-state index contributed by atoms with van der Waals surface area (Å²) in [5.41, 5.74) is 10.6. The van der Waals surface area contributed by atoms with E-state index in [1.165, 1.54) is 6.08 Å². The molecule has 0 bridgehead atoms. The number of nitrogens with two attached hydrogens (primary N) is 1. The minimum Gasteiger partial charge on any atom is -0.398 e. The predicted molar refractivity (Wildman–Crippen MR) is 80.4 cm³/mol. The van der Waals surface area contributed by atoms with Crippen molar-refractivity contribution in [2.45, 2.75) is 0 Å². The van der Waals surface area contributed by atoms with Crippen molar-refractivity contribution < 1.29 is 13.0 Å². The summed E-state index contributed by atoms with van der Waals surface area (Å²) < 4.78 is 32.6. The molecule has 0 spiro atoms. The van der Waals surface area contributed by atoms with E-state index in [1.807, 2.05) is 30.4 Å². The fourth-order valence-corrected chi connectivity index (χ4v) is 4.24. The third kappa shape index (κ3) is 1.68. The van der Waals surface area contributed by atoms with Crippen molar-refractivity contribution in [2.24, 2.45) is 17.6 Å². The molecule has 4 aliphatic rings. The Bertz CT molecular complexity index is 876. The highest BCUT2D eigenvalue weighted by Gasteiger charge is 2.42. The van der Waals surface area contributed by atoms with E-state index in [4.69, 9.17) is 5.73 Å². The standard InChI is InChI=1S/C16H13NO3S/c17-13-7-3-9-1-2-10-4-8-14(21(18,19)20)12-6-5-11(13)15(9)16(10)12/h1-8,15-16H,17H2,(H,18,19,20). The smallest absolute Gasteiger partial charge is 0.294 e. The van der Waals surface area contributed by atoms with Crippen LogP contribution in [-0.4, -0.2) is 13.0 Å². The molecule has 0 radical (unpaired) electrons. The van der Waals surface area contributed by atoms with Gasteiger partial charge in [0.15, 0.2) is 0 Å². The molecule has 4 nitrogen and oxygen atoms in total. The molecule has 21 heavy (non-hydrogen) atoms. The highest BCUT2D eigenvalue weighted by atomic mass is 32.2. The van der Waals surface area contributed by atoms with Crippen molar-refractivity contribution in [3.8, 4) is 0 Å². The Labute approximate surface area is 122 Å². The van der Waals surface area contributed by atoms with Gasteiger partial charge in [0.2, 0.25) is 0 Å². The first kappa shape index (κ1) is 12.6. The summed E-state index contributed by atoms with van der Waals surface area (Å²) in [4.78, 5) is -0.0191. The molecule has 0 aromatic carbocycles. The highest BCUT2D eigenvalue weighted by molar-refractivity contribution is 7.90. The minimum absolute atomic E-state index is 0.0191. The summed E-state index contributed by atoms with van der Waals surface area (Å²) in [7, 11) is -4.23. The molecule has 0 aliphatic heterocycles. The maximum absolute atomic E-state index is 11.6. The lowest BCUT2D eigenvalue weighted by Crippen LogP contribution is -2.33. The fourth-order valence-electron chi connectivity index (χ4n) is 3.50. The monoisotopic (exact) mass is 299 g/mol. The van der Waals surface area contributed by atoms with E-state index >= 15 is 0 Å². The Hall–Kier alpha value is -2.11. The Morgan fingerprint density at radius 3 is 2.10 bits per heavy atom. The number of rotatable bonds is 1. The lowest BCUT2D eigenvalue weighted by Gasteiger charge is -2.41. The van der Waals surface area contributed by atoms with Crippen LogP contribution >= 0.6 is 0 Å². The van der Waals surface area contributed by atoms with Crippen LogP contribution in [0.1, 0.15) is 0 Å². The van der Waals surface area contributed by atoms with Gasteiger partial charge in [0, 0.05) is 17.5 Å². The van der Waals surface area contributed by atoms with Crippen molar-refractivity contribution >= 4 is 10.1 Å². The molecule has 4 rings (SSSR count). The zero-order valence-corrected chi connectivity index (χ0v) is 11.8. The van der Waals surface area contributed by atoms with Crippen LogP contribution in [0.5, 0.6) is 0 Å². The van der Waals surface area contributed by atoms with Crippen LogP contribution in [0.3, 0.4) is 0 Å². The van der Waals surface area contributed by atoms with Crippen LogP contribution in [0.15, 0.2) is 81.5 Å². The van der Waals surface area contributed by atoms with Gasteiger partial charge in [-0.15, -0.1) is 0 Å². The average molecular weight is 299 g/mol. The summed E-state index contributed by atoms with van der Waals surface area (Å²) in [5.74, 6) is -0.0767. The summed E-state index contributed by atoms with van der Waals surface area (Å²) in [6.45, 7) is 0. The Balaban J connectivity index is 2.01. The SMILES string of the molecule is NC1=CC=C2C=CC3=CC=C(S(=O)(=O)O)C4=CC=C1C2C34. The predicted octanol–water partition coefficient (Wildman–Crippen LogP) is 2.15. The molecule has 0 amide bonds. The van der Waals surface area contributed by atoms with Crippen LogP contribution in [0.2, 0.25) is 0 Å². The van der Waals surface area contributed by atoms with Gasteiger partial charge < -0.3 is 5.73 Å². The highest BCUT2D eigenvalue weighted by Crippen LogP contribution is 2.51. The van der Waals surface area contributed by atoms with E-state index < -0.39 is 10.1 Å². The Morgan fingerprint density at radius 2 is 1.43 bits per heavy atom. The second kappa shape index (κ2) is 3.96. The maximum Gasteiger partial charge on any atom is 0.294 e. The van der Waals surface area contributed by atoms with Crippen LogP contribution in [0.4, 0.5) is 0 Å². The largest absolute Gasteiger partial charge is 0.398 e. The van der Waals surface area contributed by atoms with E-state index in [1.54, 1.807) is 12.2 Å². The third-order valence-electron chi connectivity index (χ3n) is 4.41. The molecule has 4 aliphatic carbocycles. The number of hydrogen-bond donors (Lipinski definition) is 2. The zero-order valence-electron chi connectivity index (χ0n) is 11.0. The second-order valence-electron chi connectivity index (χ2n) is 5.49. The van der Waals surface area contributed by atoms with Crippen molar-refractivity contribution in [1.29, 1.82) is 0 Å². The van der Waals surface area contributed by atoms with Gasteiger partial charge >= 0.3 is 0 Å². The molecular weight excluding hydrogens is 286 g/mol. The third-order valence-corrected chi connectivity index (χ3v) is 5.34. The van der Waals surface area contributed by atoms with E-state index in [9.17, 15) is 13.0 Å². The molecule has 3 N–H and O–H groups in total. The summed E-state index contributed by atoms with van der Waals surface area (Å²) in [6.07, 6.45) is 14.7. The molecule has 0 saturated carbocycles. The van der Waals surface area contributed by atoms with Crippen LogP contribution in [0, 0.1) is 11.8 Å². The Kier molecular flexibility index (Phi) is 2.38. The van der Waals surface area contributed by atoms with Gasteiger partial charge in [0.1, 0.15) is 0 Å². The van der Waals surface area contributed by atoms with Crippen LogP contribution in [-0.2, 0) is 10.1 Å². The normalized spacial score (nSPS) is 29.4.